The van der Waals surface area contributed by atoms with Gasteiger partial charge in [-0.25, -0.2) is 5.01 Å². The molecule has 0 aliphatic carbocycles. The highest BCUT2D eigenvalue weighted by Gasteiger charge is 2.31. The summed E-state index contributed by atoms with van der Waals surface area (Å²) >= 11 is 0. The van der Waals surface area contributed by atoms with Crippen molar-refractivity contribution in [3.05, 3.63) is 18.5 Å². The number of carbonyl (C=O) groups is 1. The van der Waals surface area contributed by atoms with Crippen LogP contribution in [0.3, 0.4) is 0 Å². The van der Waals surface area contributed by atoms with Gasteiger partial charge in [0.05, 0.1) is 11.6 Å². The lowest BCUT2D eigenvalue weighted by molar-refractivity contribution is -0.141. The average Bonchev–Trinajstić information content (AvgIpc) is 2.88. The monoisotopic (exact) mass is 290 g/mol. The fourth-order valence-corrected chi connectivity index (χ4v) is 2.20. The topological polar surface area (TPSA) is 60.2 Å². The molecule has 1 saturated heterocycles. The van der Waals surface area contributed by atoms with E-state index in [2.05, 4.69) is 10.4 Å². The third-order valence-electron chi connectivity index (χ3n) is 3.14. The number of hydrazine groups is 1. The normalized spacial score (nSPS) is 20.6. The number of anilines is 1. The van der Waals surface area contributed by atoms with Crippen LogP contribution in [0.2, 0.25) is 0 Å². The molecule has 8 heteroatoms. The maximum Gasteiger partial charge on any atom is 0.405 e. The van der Waals surface area contributed by atoms with Gasteiger partial charge in [-0.15, -0.1) is 0 Å². The summed E-state index contributed by atoms with van der Waals surface area (Å²) in [7, 11) is 0. The van der Waals surface area contributed by atoms with Crippen molar-refractivity contribution >= 4 is 11.6 Å². The largest absolute Gasteiger partial charge is 0.405 e. The average molecular weight is 290 g/mol. The van der Waals surface area contributed by atoms with Crippen LogP contribution in [0, 0.1) is 5.92 Å². The highest BCUT2D eigenvalue weighted by Crippen LogP contribution is 2.19. The zero-order chi connectivity index (χ0) is 14.6. The van der Waals surface area contributed by atoms with Crippen molar-refractivity contribution in [2.75, 3.05) is 25.1 Å². The van der Waals surface area contributed by atoms with E-state index in [4.69, 9.17) is 0 Å². The molecule has 0 spiro atoms. The Morgan fingerprint density at radius 2 is 2.30 bits per heavy atom. The highest BCUT2D eigenvalue weighted by atomic mass is 19.4. The summed E-state index contributed by atoms with van der Waals surface area (Å²) < 4.78 is 36.2. The van der Waals surface area contributed by atoms with E-state index >= 15 is 0 Å². The Hall–Kier alpha value is -1.70. The summed E-state index contributed by atoms with van der Waals surface area (Å²) in [6, 6.07) is 1.84. The molecule has 1 aromatic heterocycles. The minimum atomic E-state index is -4.37. The Bertz CT molecular complexity index is 432. The number of nitrogens with one attached hydrogen (secondary N) is 3. The van der Waals surface area contributed by atoms with Crippen molar-refractivity contribution in [2.45, 2.75) is 19.0 Å². The molecule has 0 bridgehead atoms. The summed E-state index contributed by atoms with van der Waals surface area (Å²) in [6.07, 6.45) is 0.539. The minimum absolute atomic E-state index is 0.398. The van der Waals surface area contributed by atoms with Gasteiger partial charge in [0.1, 0.15) is 6.54 Å². The van der Waals surface area contributed by atoms with Crippen LogP contribution in [0.4, 0.5) is 18.9 Å². The van der Waals surface area contributed by atoms with E-state index in [-0.39, 0.29) is 0 Å². The molecular formula is C12H17F3N4O. The number of amides is 1. The molecule has 0 radical (unpaired) electrons. The second-order valence-corrected chi connectivity index (χ2v) is 4.83. The second-order valence-electron chi connectivity index (χ2n) is 4.83. The van der Waals surface area contributed by atoms with Crippen molar-refractivity contribution in [2.24, 2.45) is 5.92 Å². The van der Waals surface area contributed by atoms with Gasteiger partial charge >= 0.3 is 6.18 Å². The SMILES string of the molecule is O=C(NCC(F)(F)F)C1CCCN(Nc2cc[nH]c2)C1. The fraction of sp³-hybridized carbons (Fsp3) is 0.583. The molecule has 1 aliphatic rings. The molecule has 1 fully saturated rings. The number of halogens is 3. The van der Waals surface area contributed by atoms with Gasteiger partial charge in [0.2, 0.25) is 5.91 Å². The van der Waals surface area contributed by atoms with E-state index in [9.17, 15) is 18.0 Å². The van der Waals surface area contributed by atoms with E-state index in [1.54, 1.807) is 12.4 Å². The summed E-state index contributed by atoms with van der Waals surface area (Å²) in [5.74, 6) is -0.958. The molecular weight excluding hydrogens is 273 g/mol. The zero-order valence-corrected chi connectivity index (χ0v) is 10.8. The maximum absolute atomic E-state index is 12.1. The number of nitrogens with zero attached hydrogens (tertiary/aromatic N) is 1. The van der Waals surface area contributed by atoms with E-state index < -0.39 is 24.5 Å². The molecule has 1 aliphatic heterocycles. The Labute approximate surface area is 114 Å². The van der Waals surface area contributed by atoms with Crippen LogP contribution < -0.4 is 10.7 Å². The highest BCUT2D eigenvalue weighted by molar-refractivity contribution is 5.79. The van der Waals surface area contributed by atoms with Crippen molar-refractivity contribution in [1.82, 2.24) is 15.3 Å². The van der Waals surface area contributed by atoms with Crippen LogP contribution in [0.25, 0.3) is 0 Å². The molecule has 1 unspecified atom stereocenters. The van der Waals surface area contributed by atoms with Gasteiger partial charge in [-0.3, -0.25) is 4.79 Å². The second kappa shape index (κ2) is 6.17. The number of carbonyl (C=O) groups excluding carboxylic acids is 1. The molecule has 0 aromatic carbocycles. The fourth-order valence-electron chi connectivity index (χ4n) is 2.20. The summed E-state index contributed by atoms with van der Waals surface area (Å²) in [4.78, 5) is 14.6. The first-order chi connectivity index (χ1) is 9.44. The first-order valence-electron chi connectivity index (χ1n) is 6.43. The van der Waals surface area contributed by atoms with Crippen LogP contribution in [0.5, 0.6) is 0 Å². The van der Waals surface area contributed by atoms with Gasteiger partial charge in [-0.2, -0.15) is 13.2 Å². The lowest BCUT2D eigenvalue weighted by atomic mass is 9.98. The van der Waals surface area contributed by atoms with E-state index in [1.165, 1.54) is 0 Å². The number of H-pyrrole nitrogens is 1. The van der Waals surface area contributed by atoms with Crippen LogP contribution in [0.1, 0.15) is 12.8 Å². The first kappa shape index (κ1) is 14.7. The Morgan fingerprint density at radius 1 is 1.50 bits per heavy atom. The third-order valence-corrected chi connectivity index (χ3v) is 3.14. The van der Waals surface area contributed by atoms with Crippen LogP contribution in [0.15, 0.2) is 18.5 Å². The Morgan fingerprint density at radius 3 is 2.95 bits per heavy atom. The number of aromatic amines is 1. The van der Waals surface area contributed by atoms with Crippen LogP contribution in [-0.4, -0.2) is 41.7 Å². The van der Waals surface area contributed by atoms with Crippen LogP contribution >= 0.6 is 0 Å². The minimum Gasteiger partial charge on any atom is -0.366 e. The van der Waals surface area contributed by atoms with Gasteiger partial charge in [-0.05, 0) is 18.9 Å². The first-order valence-corrected chi connectivity index (χ1v) is 6.43. The van der Waals surface area contributed by atoms with Crippen LogP contribution in [-0.2, 0) is 4.79 Å². The quantitative estimate of drug-likeness (QED) is 0.791. The molecule has 5 nitrogen and oxygen atoms in total. The Balaban J connectivity index is 1.82. The third kappa shape index (κ3) is 4.44. The number of alkyl halides is 3. The number of piperidine rings is 1. The molecule has 2 rings (SSSR count). The van der Waals surface area contributed by atoms with E-state index in [0.29, 0.717) is 13.0 Å². The lowest BCUT2D eigenvalue weighted by Gasteiger charge is -2.32. The molecule has 20 heavy (non-hydrogen) atoms. The number of rotatable bonds is 4. The van der Waals surface area contributed by atoms with Gasteiger partial charge in [-0.1, -0.05) is 0 Å². The van der Waals surface area contributed by atoms with Crippen molar-refractivity contribution in [3.63, 3.8) is 0 Å². The lowest BCUT2D eigenvalue weighted by Crippen LogP contribution is -2.46. The van der Waals surface area contributed by atoms with E-state index in [0.717, 1.165) is 18.7 Å². The van der Waals surface area contributed by atoms with Gasteiger partial charge in [0, 0.05) is 25.5 Å². The van der Waals surface area contributed by atoms with Gasteiger partial charge < -0.3 is 15.7 Å². The molecule has 1 atom stereocenters. The summed E-state index contributed by atoms with van der Waals surface area (Å²) in [6.45, 7) is -0.114. The predicted octanol–water partition coefficient (Wildman–Crippen LogP) is 1.73. The molecule has 3 N–H and O–H groups in total. The number of aromatic nitrogens is 1. The maximum atomic E-state index is 12.1. The van der Waals surface area contributed by atoms with Crippen molar-refractivity contribution in [1.29, 1.82) is 0 Å². The molecule has 112 valence electrons. The number of hydrogen-bond acceptors (Lipinski definition) is 3. The molecule has 1 aromatic rings. The number of hydrogen-bond donors (Lipinski definition) is 3. The van der Waals surface area contributed by atoms with Crippen molar-refractivity contribution < 1.29 is 18.0 Å². The van der Waals surface area contributed by atoms with Crippen molar-refractivity contribution in [3.8, 4) is 0 Å². The summed E-state index contributed by atoms with van der Waals surface area (Å²) in [5, 5.41) is 3.80. The zero-order valence-electron chi connectivity index (χ0n) is 10.8. The van der Waals surface area contributed by atoms with E-state index in [1.807, 2.05) is 16.4 Å². The Kier molecular flexibility index (Phi) is 4.53. The smallest absolute Gasteiger partial charge is 0.366 e. The molecule has 0 saturated carbocycles. The standard InChI is InChI=1S/C12H17F3N4O/c13-12(14,15)8-17-11(20)9-2-1-5-19(7-9)18-10-3-4-16-6-10/h3-4,6,9,16,18H,1-2,5,7-8H2,(H,17,20). The van der Waals surface area contributed by atoms with Gasteiger partial charge in [0.25, 0.3) is 0 Å². The summed E-state index contributed by atoms with van der Waals surface area (Å²) in [5.41, 5.74) is 3.98. The molecule has 1 amide bonds. The van der Waals surface area contributed by atoms with Gasteiger partial charge in [0.15, 0.2) is 0 Å². The predicted molar refractivity (Wildman–Crippen MR) is 67.8 cm³/mol. The molecule has 2 heterocycles.